The molecule has 3 aromatic rings. The van der Waals surface area contributed by atoms with Gasteiger partial charge in [-0.1, -0.05) is 66.2 Å². The molecule has 4 unspecified atom stereocenters. The summed E-state index contributed by atoms with van der Waals surface area (Å²) < 4.78 is 5.41. The van der Waals surface area contributed by atoms with Gasteiger partial charge in [-0.15, -0.1) is 0 Å². The molecule has 0 aromatic heterocycles. The summed E-state index contributed by atoms with van der Waals surface area (Å²) in [6.07, 6.45) is 1.59. The van der Waals surface area contributed by atoms with Crippen LogP contribution in [0.2, 0.25) is 5.02 Å². The molecule has 2 saturated heterocycles. The number of Topliss-reactive ketones (excluding diaryl/α,β-unsaturated/α-hetero) is 1. The molecule has 7 nitrogen and oxygen atoms in total. The first kappa shape index (κ1) is 27.5. The molecule has 2 heterocycles. The lowest BCUT2D eigenvalue weighted by molar-refractivity contribution is -0.147. The zero-order valence-electron chi connectivity index (χ0n) is 23.0. The van der Waals surface area contributed by atoms with Crippen LogP contribution in [0, 0.1) is 11.8 Å². The molecule has 3 aliphatic rings. The van der Waals surface area contributed by atoms with Gasteiger partial charge >= 0.3 is 0 Å². The van der Waals surface area contributed by atoms with Crippen LogP contribution in [-0.4, -0.2) is 66.7 Å². The summed E-state index contributed by atoms with van der Waals surface area (Å²) in [6, 6.07) is 22.6. The number of hydrogen-bond acceptors (Lipinski definition) is 5. The standard InChI is InChI=1S/C33H34ClN3O4/c1-41-26-15-11-22(12-16-26)29-28(31(38)23-5-3-2-4-6-23)27(21-9-13-25(34)14-10-21)30(37(29)32(39)24-7-8-24)33(40)36-19-17-35-18-20-36/h2-6,9-16,24,27-30,35H,7-8,17-20H2,1H3. The van der Waals surface area contributed by atoms with E-state index in [0.29, 0.717) is 42.5 Å². The number of benzene rings is 3. The van der Waals surface area contributed by atoms with E-state index in [0.717, 1.165) is 24.0 Å². The smallest absolute Gasteiger partial charge is 0.246 e. The lowest BCUT2D eigenvalue weighted by atomic mass is 9.76. The van der Waals surface area contributed by atoms with E-state index in [2.05, 4.69) is 5.32 Å². The van der Waals surface area contributed by atoms with Gasteiger partial charge in [0.25, 0.3) is 0 Å². The number of piperazine rings is 1. The van der Waals surface area contributed by atoms with Gasteiger partial charge in [-0.25, -0.2) is 0 Å². The Balaban J connectivity index is 1.57. The fourth-order valence-electron chi connectivity index (χ4n) is 6.42. The second-order valence-corrected chi connectivity index (χ2v) is 11.5. The first-order valence-electron chi connectivity index (χ1n) is 14.3. The number of halogens is 1. The minimum atomic E-state index is -0.827. The Morgan fingerprint density at radius 2 is 1.46 bits per heavy atom. The van der Waals surface area contributed by atoms with E-state index >= 15 is 0 Å². The summed E-state index contributed by atoms with van der Waals surface area (Å²) in [5, 5.41) is 3.88. The highest BCUT2D eigenvalue weighted by Gasteiger charge is 2.59. The Morgan fingerprint density at radius 1 is 0.829 bits per heavy atom. The second-order valence-electron chi connectivity index (χ2n) is 11.1. The van der Waals surface area contributed by atoms with Crippen LogP contribution < -0.4 is 10.1 Å². The van der Waals surface area contributed by atoms with Gasteiger partial charge in [-0.3, -0.25) is 14.4 Å². The Kier molecular flexibility index (Phi) is 7.82. The molecule has 2 amide bonds. The van der Waals surface area contributed by atoms with Crippen molar-refractivity contribution in [2.75, 3.05) is 33.3 Å². The van der Waals surface area contributed by atoms with E-state index in [-0.39, 0.29) is 23.5 Å². The van der Waals surface area contributed by atoms with Crippen molar-refractivity contribution in [2.24, 2.45) is 11.8 Å². The predicted octanol–water partition coefficient (Wildman–Crippen LogP) is 4.73. The lowest BCUT2D eigenvalue weighted by Gasteiger charge is -2.36. The topological polar surface area (TPSA) is 79.0 Å². The summed E-state index contributed by atoms with van der Waals surface area (Å²) in [7, 11) is 1.61. The molecule has 0 spiro atoms. The number of hydrogen-bond donors (Lipinski definition) is 1. The van der Waals surface area contributed by atoms with Crippen molar-refractivity contribution >= 4 is 29.2 Å². The van der Waals surface area contributed by atoms with Gasteiger partial charge in [-0.05, 0) is 48.2 Å². The Morgan fingerprint density at radius 3 is 2.07 bits per heavy atom. The van der Waals surface area contributed by atoms with Crippen LogP contribution in [0.5, 0.6) is 5.75 Å². The number of rotatable bonds is 7. The summed E-state index contributed by atoms with van der Waals surface area (Å²) in [6.45, 7) is 2.49. The molecular formula is C33H34ClN3O4. The maximum Gasteiger partial charge on any atom is 0.246 e. The van der Waals surface area contributed by atoms with Crippen molar-refractivity contribution in [3.63, 3.8) is 0 Å². The van der Waals surface area contributed by atoms with Crippen LogP contribution in [0.4, 0.5) is 0 Å². The Hall–Kier alpha value is -3.68. The molecule has 0 radical (unpaired) electrons. The van der Waals surface area contributed by atoms with E-state index < -0.39 is 23.9 Å². The van der Waals surface area contributed by atoms with Crippen LogP contribution in [0.1, 0.15) is 46.3 Å². The summed E-state index contributed by atoms with van der Waals surface area (Å²) in [5.74, 6) is -0.950. The highest BCUT2D eigenvalue weighted by atomic mass is 35.5. The lowest BCUT2D eigenvalue weighted by Crippen LogP contribution is -2.55. The highest BCUT2D eigenvalue weighted by molar-refractivity contribution is 6.30. The first-order valence-corrected chi connectivity index (χ1v) is 14.7. The van der Waals surface area contributed by atoms with Crippen LogP contribution in [-0.2, 0) is 9.59 Å². The molecule has 3 fully saturated rings. The molecule has 212 valence electrons. The summed E-state index contributed by atoms with van der Waals surface area (Å²) in [5.41, 5.74) is 2.19. The van der Waals surface area contributed by atoms with E-state index in [1.807, 2.05) is 71.6 Å². The minimum absolute atomic E-state index is 0.0540. The fraction of sp³-hybridized carbons (Fsp3) is 0.364. The maximum atomic E-state index is 14.6. The van der Waals surface area contributed by atoms with Crippen LogP contribution in [0.25, 0.3) is 0 Å². The number of methoxy groups -OCH3 is 1. The van der Waals surface area contributed by atoms with Crippen molar-refractivity contribution in [2.45, 2.75) is 30.8 Å². The molecule has 1 saturated carbocycles. The van der Waals surface area contributed by atoms with Crippen molar-refractivity contribution in [1.29, 1.82) is 0 Å². The summed E-state index contributed by atoms with van der Waals surface area (Å²) >= 11 is 6.29. The quantitative estimate of drug-likeness (QED) is 0.415. The second kappa shape index (κ2) is 11.7. The van der Waals surface area contributed by atoms with Gasteiger partial charge in [0.05, 0.1) is 19.1 Å². The predicted molar refractivity (Wildman–Crippen MR) is 157 cm³/mol. The number of ether oxygens (including phenoxy) is 1. The number of amides is 2. The number of carbonyl (C=O) groups is 3. The molecule has 3 aromatic carbocycles. The van der Waals surface area contributed by atoms with Gasteiger partial charge in [0, 0.05) is 48.6 Å². The van der Waals surface area contributed by atoms with Gasteiger partial charge in [0.15, 0.2) is 5.78 Å². The molecule has 1 N–H and O–H groups in total. The Labute approximate surface area is 245 Å². The Bertz CT molecular complexity index is 1400. The monoisotopic (exact) mass is 571 g/mol. The number of nitrogens with zero attached hydrogens (tertiary/aromatic N) is 2. The minimum Gasteiger partial charge on any atom is -0.497 e. The maximum absolute atomic E-state index is 14.6. The molecule has 4 atom stereocenters. The van der Waals surface area contributed by atoms with Crippen LogP contribution in [0.3, 0.4) is 0 Å². The molecule has 41 heavy (non-hydrogen) atoms. The number of ketones is 1. The first-order chi connectivity index (χ1) is 20.0. The fourth-order valence-corrected chi connectivity index (χ4v) is 6.54. The molecular weight excluding hydrogens is 538 g/mol. The van der Waals surface area contributed by atoms with Crippen LogP contribution >= 0.6 is 11.6 Å². The normalized spacial score (nSPS) is 24.2. The third-order valence-corrected chi connectivity index (χ3v) is 8.85. The van der Waals surface area contributed by atoms with Crippen molar-refractivity contribution in [3.05, 3.63) is 101 Å². The average molecular weight is 572 g/mol. The van der Waals surface area contributed by atoms with E-state index in [9.17, 15) is 14.4 Å². The van der Waals surface area contributed by atoms with E-state index in [4.69, 9.17) is 16.3 Å². The molecule has 0 bridgehead atoms. The van der Waals surface area contributed by atoms with Gasteiger partial charge in [0.1, 0.15) is 11.8 Å². The largest absolute Gasteiger partial charge is 0.497 e. The van der Waals surface area contributed by atoms with Crippen molar-refractivity contribution in [1.82, 2.24) is 15.1 Å². The molecule has 6 rings (SSSR count). The van der Waals surface area contributed by atoms with Gasteiger partial charge < -0.3 is 19.9 Å². The molecule has 1 aliphatic carbocycles. The number of carbonyl (C=O) groups excluding carboxylic acids is 3. The SMILES string of the molecule is COc1ccc(C2C(C(=O)c3ccccc3)C(c3ccc(Cl)cc3)C(C(=O)N3CCNCC3)N2C(=O)C2CC2)cc1. The summed E-state index contributed by atoms with van der Waals surface area (Å²) in [4.78, 5) is 47.0. The molecule has 8 heteroatoms. The van der Waals surface area contributed by atoms with Crippen LogP contribution in [0.15, 0.2) is 78.9 Å². The van der Waals surface area contributed by atoms with Crippen molar-refractivity contribution < 1.29 is 19.1 Å². The van der Waals surface area contributed by atoms with E-state index in [1.54, 1.807) is 24.1 Å². The number of nitrogens with one attached hydrogen (secondary N) is 1. The zero-order chi connectivity index (χ0) is 28.5. The van der Waals surface area contributed by atoms with Gasteiger partial charge in [0.2, 0.25) is 11.8 Å². The average Bonchev–Trinajstić information content (AvgIpc) is 3.82. The highest BCUT2D eigenvalue weighted by Crippen LogP contribution is 2.53. The van der Waals surface area contributed by atoms with E-state index in [1.165, 1.54) is 0 Å². The third kappa shape index (κ3) is 5.36. The van der Waals surface area contributed by atoms with Crippen molar-refractivity contribution in [3.8, 4) is 5.75 Å². The zero-order valence-corrected chi connectivity index (χ0v) is 23.8. The van der Waals surface area contributed by atoms with Gasteiger partial charge in [-0.2, -0.15) is 0 Å². The molecule has 2 aliphatic heterocycles. The third-order valence-electron chi connectivity index (χ3n) is 8.60. The number of likely N-dealkylation sites (tertiary alicyclic amines) is 1.